The standard InChI is InChI=1S/C8H6F10N2O/c9-5(10,7(13,14)15)4(1-3(19)20(21)2-4)6(11,12)8(16,17)18/h1-2,19H2. The summed E-state index contributed by atoms with van der Waals surface area (Å²) in [5.41, 5.74) is -0.405. The number of rotatable bonds is 2. The normalized spacial score (nSPS) is 21.0. The molecule has 1 aliphatic rings. The van der Waals surface area contributed by atoms with Crippen LogP contribution >= 0.6 is 0 Å². The first-order valence-electron chi connectivity index (χ1n) is 4.96. The van der Waals surface area contributed by atoms with Crippen LogP contribution in [-0.4, -0.2) is 41.3 Å². The highest BCUT2D eigenvalue weighted by molar-refractivity contribution is 5.78. The molecular formula is C8H6F10N2O. The maximum absolute atomic E-state index is 13.3. The highest BCUT2D eigenvalue weighted by Gasteiger charge is 2.86. The average molecular weight is 336 g/mol. The number of hydroxylamine groups is 1. The lowest BCUT2D eigenvalue weighted by Gasteiger charge is -2.42. The Kier molecular flexibility index (Phi) is 3.60. The van der Waals surface area contributed by atoms with E-state index in [0.29, 0.717) is 0 Å². The number of amidine groups is 1. The van der Waals surface area contributed by atoms with Gasteiger partial charge in [0.15, 0.2) is 5.41 Å². The summed E-state index contributed by atoms with van der Waals surface area (Å²) in [5, 5.41) is 10.9. The van der Waals surface area contributed by atoms with Crippen LogP contribution in [0.3, 0.4) is 0 Å². The Labute approximate surface area is 109 Å². The van der Waals surface area contributed by atoms with Crippen LogP contribution in [0.5, 0.6) is 0 Å². The van der Waals surface area contributed by atoms with Crippen LogP contribution in [0, 0.1) is 10.6 Å². The molecule has 124 valence electrons. The molecule has 0 unspecified atom stereocenters. The predicted octanol–water partition coefficient (Wildman–Crippen LogP) is 2.64. The number of alkyl halides is 10. The second-order valence-corrected chi connectivity index (χ2v) is 4.43. The van der Waals surface area contributed by atoms with Crippen molar-refractivity contribution in [3.8, 4) is 0 Å². The van der Waals surface area contributed by atoms with Gasteiger partial charge in [0, 0.05) is 0 Å². The summed E-state index contributed by atoms with van der Waals surface area (Å²) in [7, 11) is 0. The summed E-state index contributed by atoms with van der Waals surface area (Å²) in [6.07, 6.45) is -15.7. The van der Waals surface area contributed by atoms with Crippen molar-refractivity contribution >= 4 is 5.84 Å². The van der Waals surface area contributed by atoms with Crippen molar-refractivity contribution in [1.82, 2.24) is 0 Å². The monoisotopic (exact) mass is 336 g/mol. The molecule has 0 spiro atoms. The van der Waals surface area contributed by atoms with E-state index in [9.17, 15) is 49.1 Å². The lowest BCUT2D eigenvalue weighted by atomic mass is 9.72. The van der Waals surface area contributed by atoms with Crippen molar-refractivity contribution in [2.75, 3.05) is 6.54 Å². The first-order valence-corrected chi connectivity index (χ1v) is 4.96. The van der Waals surface area contributed by atoms with E-state index in [4.69, 9.17) is 0 Å². The minimum atomic E-state index is -6.73. The van der Waals surface area contributed by atoms with E-state index >= 15 is 0 Å². The molecule has 13 heteroatoms. The molecule has 3 nitrogen and oxygen atoms in total. The zero-order chi connectivity index (χ0) is 17.1. The van der Waals surface area contributed by atoms with E-state index in [1.165, 1.54) is 0 Å². The lowest BCUT2D eigenvalue weighted by molar-refractivity contribution is -0.504. The first kappa shape index (κ1) is 17.6. The summed E-state index contributed by atoms with van der Waals surface area (Å²) in [5.74, 6) is -14.5. The fourth-order valence-corrected chi connectivity index (χ4v) is 1.96. The zero-order valence-corrected chi connectivity index (χ0v) is 9.63. The molecule has 1 heterocycles. The van der Waals surface area contributed by atoms with E-state index < -0.39 is 53.2 Å². The molecule has 0 aromatic carbocycles. The highest BCUT2D eigenvalue weighted by atomic mass is 19.4. The molecule has 0 saturated heterocycles. The summed E-state index contributed by atoms with van der Waals surface area (Å²) in [4.78, 5) is 0. The molecule has 0 amide bonds. The van der Waals surface area contributed by atoms with E-state index in [-0.39, 0.29) is 0 Å². The van der Waals surface area contributed by atoms with E-state index in [1.54, 1.807) is 0 Å². The first-order chi connectivity index (χ1) is 9.01. The van der Waals surface area contributed by atoms with Crippen molar-refractivity contribution in [2.24, 2.45) is 11.1 Å². The minimum absolute atomic E-state index is 0.931. The Morgan fingerprint density at radius 3 is 1.38 bits per heavy atom. The van der Waals surface area contributed by atoms with Crippen LogP contribution in [0.15, 0.2) is 0 Å². The Hall–Kier alpha value is -1.43. The number of nitrogens with two attached hydrogens (primary N) is 1. The third kappa shape index (κ3) is 2.16. The molecule has 0 aliphatic carbocycles. The Morgan fingerprint density at radius 2 is 1.19 bits per heavy atom. The summed E-state index contributed by atoms with van der Waals surface area (Å²) >= 11 is 0. The van der Waals surface area contributed by atoms with Crippen LogP contribution in [-0.2, 0) is 0 Å². The highest BCUT2D eigenvalue weighted by Crippen LogP contribution is 2.62. The van der Waals surface area contributed by atoms with Crippen LogP contribution in [0.4, 0.5) is 43.9 Å². The molecule has 0 fully saturated rings. The fourth-order valence-electron chi connectivity index (χ4n) is 1.96. The summed E-state index contributed by atoms with van der Waals surface area (Å²) < 4.78 is 126. The third-order valence-electron chi connectivity index (χ3n) is 3.13. The van der Waals surface area contributed by atoms with E-state index in [0.717, 1.165) is 0 Å². The van der Waals surface area contributed by atoms with Crippen molar-refractivity contribution in [3.63, 3.8) is 0 Å². The average Bonchev–Trinajstić information content (AvgIpc) is 2.53. The van der Waals surface area contributed by atoms with Gasteiger partial charge >= 0.3 is 24.2 Å². The van der Waals surface area contributed by atoms with Crippen molar-refractivity contribution in [2.45, 2.75) is 30.6 Å². The lowest BCUT2D eigenvalue weighted by Crippen LogP contribution is -2.66. The van der Waals surface area contributed by atoms with Crippen LogP contribution in [0.1, 0.15) is 6.42 Å². The molecule has 0 radical (unpaired) electrons. The molecule has 21 heavy (non-hydrogen) atoms. The van der Waals surface area contributed by atoms with Crippen molar-refractivity contribution < 1.29 is 48.6 Å². The molecule has 1 rings (SSSR count). The zero-order valence-electron chi connectivity index (χ0n) is 9.63. The van der Waals surface area contributed by atoms with Crippen molar-refractivity contribution in [1.29, 1.82) is 0 Å². The van der Waals surface area contributed by atoms with Gasteiger partial charge in [-0.05, 0) is 0 Å². The van der Waals surface area contributed by atoms with E-state index in [1.807, 2.05) is 0 Å². The van der Waals surface area contributed by atoms with Gasteiger partial charge < -0.3 is 5.21 Å². The van der Waals surface area contributed by atoms with Crippen molar-refractivity contribution in [3.05, 3.63) is 5.21 Å². The Bertz CT molecular complexity index is 421. The summed E-state index contributed by atoms with van der Waals surface area (Å²) in [6, 6.07) is 0. The largest absolute Gasteiger partial charge is 0.715 e. The number of nitrogens with zero attached hydrogens (tertiary/aromatic N) is 1. The molecule has 2 N–H and O–H groups in total. The molecule has 0 saturated carbocycles. The van der Waals surface area contributed by atoms with Gasteiger partial charge in [-0.3, -0.25) is 10.5 Å². The van der Waals surface area contributed by atoms with Gasteiger partial charge in [0.1, 0.15) is 6.54 Å². The quantitative estimate of drug-likeness (QED) is 0.479. The molecule has 0 atom stereocenters. The van der Waals surface area contributed by atoms with Crippen LogP contribution < -0.4 is 5.73 Å². The second kappa shape index (κ2) is 4.29. The third-order valence-corrected chi connectivity index (χ3v) is 3.13. The maximum Gasteiger partial charge on any atom is 0.454 e. The smallest absolute Gasteiger partial charge is 0.454 e. The minimum Gasteiger partial charge on any atom is -0.715 e. The molecule has 0 bridgehead atoms. The predicted molar refractivity (Wildman–Crippen MR) is 46.7 cm³/mol. The fraction of sp³-hybridized carbons (Fsp3) is 0.875. The molecular weight excluding hydrogens is 330 g/mol. The topological polar surface area (TPSA) is 52.1 Å². The number of hydrogen-bond acceptors (Lipinski definition) is 2. The van der Waals surface area contributed by atoms with Gasteiger partial charge in [0.25, 0.3) is 0 Å². The molecule has 0 aromatic rings. The number of hydrogen-bond donors (Lipinski definition) is 1. The van der Waals surface area contributed by atoms with Gasteiger partial charge in [-0.2, -0.15) is 43.9 Å². The van der Waals surface area contributed by atoms with Gasteiger partial charge in [-0.1, -0.05) is 0 Å². The summed E-state index contributed by atoms with van der Waals surface area (Å²) in [6.45, 7) is -2.45. The molecule has 1 aliphatic heterocycles. The Balaban J connectivity index is 3.57. The maximum atomic E-state index is 13.3. The number of halogens is 10. The van der Waals surface area contributed by atoms with Crippen LogP contribution in [0.2, 0.25) is 0 Å². The van der Waals surface area contributed by atoms with Gasteiger partial charge in [-0.25, -0.2) is 0 Å². The van der Waals surface area contributed by atoms with E-state index in [2.05, 4.69) is 5.73 Å². The molecule has 0 aromatic heterocycles. The van der Waals surface area contributed by atoms with Gasteiger partial charge in [0.2, 0.25) is 5.84 Å². The second-order valence-electron chi connectivity index (χ2n) is 4.43. The Morgan fingerprint density at radius 1 is 0.857 bits per heavy atom. The SMILES string of the molecule is NC1=[N+]([O-])CC(C(F)(F)C(F)(F)F)(C(F)(F)C(F)(F)F)C1. The van der Waals surface area contributed by atoms with Gasteiger partial charge in [0.05, 0.1) is 6.42 Å². The van der Waals surface area contributed by atoms with Gasteiger partial charge in [-0.15, -0.1) is 0 Å². The van der Waals surface area contributed by atoms with Crippen LogP contribution in [0.25, 0.3) is 0 Å².